The van der Waals surface area contributed by atoms with Crippen LogP contribution in [0.25, 0.3) is 11.0 Å². The van der Waals surface area contributed by atoms with Gasteiger partial charge in [0.15, 0.2) is 0 Å². The summed E-state index contributed by atoms with van der Waals surface area (Å²) in [4.78, 5) is 52.7. The van der Waals surface area contributed by atoms with E-state index in [1.54, 1.807) is 45.9 Å². The maximum absolute atomic E-state index is 13.4. The van der Waals surface area contributed by atoms with Crippen LogP contribution in [-0.4, -0.2) is 33.8 Å². The van der Waals surface area contributed by atoms with Gasteiger partial charge in [0.2, 0.25) is 0 Å². The van der Waals surface area contributed by atoms with Gasteiger partial charge in [-0.2, -0.15) is 0 Å². The second-order valence-corrected chi connectivity index (χ2v) is 8.19. The van der Waals surface area contributed by atoms with Crippen molar-refractivity contribution in [1.82, 2.24) is 13.7 Å². The van der Waals surface area contributed by atoms with Crippen molar-refractivity contribution >= 4 is 22.6 Å². The fourth-order valence-corrected chi connectivity index (χ4v) is 3.84. The summed E-state index contributed by atoms with van der Waals surface area (Å²) >= 11 is 0. The van der Waals surface area contributed by atoms with E-state index >= 15 is 0 Å². The predicted octanol–water partition coefficient (Wildman–Crippen LogP) is 2.29. The van der Waals surface area contributed by atoms with Gasteiger partial charge in [0.25, 0.3) is 17.0 Å². The molecule has 1 aromatic carbocycles. The van der Waals surface area contributed by atoms with Crippen LogP contribution in [0.2, 0.25) is 0 Å². The maximum Gasteiger partial charge on any atom is 0.332 e. The number of carbonyl (C=O) groups excluding carboxylic acids is 1. The summed E-state index contributed by atoms with van der Waals surface area (Å²) in [5.74, 6) is 0.196. The third kappa shape index (κ3) is 4.04. The third-order valence-corrected chi connectivity index (χ3v) is 5.40. The number of methoxy groups -OCH3 is 2. The number of pyridine rings is 1. The Morgan fingerprint density at radius 3 is 2.12 bits per heavy atom. The van der Waals surface area contributed by atoms with Gasteiger partial charge < -0.3 is 14.8 Å². The van der Waals surface area contributed by atoms with Gasteiger partial charge in [0.1, 0.15) is 17.1 Å². The molecule has 1 amide bonds. The van der Waals surface area contributed by atoms with E-state index in [0.29, 0.717) is 17.2 Å². The Kier molecular flexibility index (Phi) is 6.48. The van der Waals surface area contributed by atoms with E-state index in [2.05, 4.69) is 5.32 Å². The number of hydrogen-bond acceptors (Lipinski definition) is 6. The summed E-state index contributed by atoms with van der Waals surface area (Å²) in [6, 6.07) is 5.17. The zero-order chi connectivity index (χ0) is 24.6. The van der Waals surface area contributed by atoms with Crippen molar-refractivity contribution in [2.24, 2.45) is 7.05 Å². The van der Waals surface area contributed by atoms with Gasteiger partial charge in [0.05, 0.1) is 30.9 Å². The molecule has 0 aliphatic carbocycles. The largest absolute Gasteiger partial charge is 0.497 e. The van der Waals surface area contributed by atoms with Gasteiger partial charge in [-0.25, -0.2) is 4.79 Å². The Hall–Kier alpha value is -3.82. The molecule has 0 atom stereocenters. The molecule has 0 unspecified atom stereocenters. The number of anilines is 1. The van der Waals surface area contributed by atoms with Crippen LogP contribution < -0.4 is 31.6 Å². The van der Waals surface area contributed by atoms with Crippen LogP contribution in [0.5, 0.6) is 11.5 Å². The van der Waals surface area contributed by atoms with E-state index in [9.17, 15) is 19.2 Å². The van der Waals surface area contributed by atoms with E-state index in [4.69, 9.17) is 9.47 Å². The molecule has 0 saturated heterocycles. The highest BCUT2D eigenvalue weighted by molar-refractivity contribution is 6.12. The van der Waals surface area contributed by atoms with Gasteiger partial charge in [-0.1, -0.05) is 0 Å². The van der Waals surface area contributed by atoms with E-state index in [1.807, 2.05) is 0 Å². The fraction of sp³-hybridized carbons (Fsp3) is 0.391. The second kappa shape index (κ2) is 8.97. The Labute approximate surface area is 190 Å². The molecule has 10 heteroatoms. The number of benzene rings is 1. The van der Waals surface area contributed by atoms with Gasteiger partial charge in [-0.05, 0) is 39.8 Å². The lowest BCUT2D eigenvalue weighted by molar-refractivity contribution is 0.102. The molecule has 0 fully saturated rings. The second-order valence-electron chi connectivity index (χ2n) is 8.19. The van der Waals surface area contributed by atoms with Crippen LogP contribution in [0.4, 0.5) is 5.69 Å². The van der Waals surface area contributed by atoms with Gasteiger partial charge >= 0.3 is 5.69 Å². The van der Waals surface area contributed by atoms with E-state index in [-0.39, 0.29) is 22.6 Å². The number of rotatable bonds is 6. The number of aromatic nitrogens is 3. The average molecular weight is 456 g/mol. The quantitative estimate of drug-likeness (QED) is 0.609. The molecular formula is C23H28N4O6. The molecule has 176 valence electrons. The monoisotopic (exact) mass is 456 g/mol. The Morgan fingerprint density at radius 2 is 1.58 bits per heavy atom. The minimum atomic E-state index is -0.678. The summed E-state index contributed by atoms with van der Waals surface area (Å²) in [6.45, 7) is 6.94. The third-order valence-electron chi connectivity index (χ3n) is 5.40. The van der Waals surface area contributed by atoms with Gasteiger partial charge in [-0.15, -0.1) is 0 Å². The smallest absolute Gasteiger partial charge is 0.332 e. The normalized spacial score (nSPS) is 11.3. The molecule has 0 radical (unpaired) electrons. The molecule has 3 rings (SSSR count). The van der Waals surface area contributed by atoms with Crippen molar-refractivity contribution < 1.29 is 14.3 Å². The van der Waals surface area contributed by atoms with E-state index in [0.717, 1.165) is 10.6 Å². The number of hydrogen-bond donors (Lipinski definition) is 1. The number of carbonyl (C=O) groups is 1. The molecule has 10 nitrogen and oxygen atoms in total. The van der Waals surface area contributed by atoms with Crippen molar-refractivity contribution in [3.8, 4) is 11.5 Å². The average Bonchev–Trinajstić information content (AvgIpc) is 2.76. The van der Waals surface area contributed by atoms with Crippen LogP contribution in [0.15, 0.2) is 38.6 Å². The number of nitrogens with zero attached hydrogens (tertiary/aromatic N) is 3. The Morgan fingerprint density at radius 1 is 0.939 bits per heavy atom. The lowest BCUT2D eigenvalue weighted by Crippen LogP contribution is -2.43. The Balaban J connectivity index is 2.35. The zero-order valence-electron chi connectivity index (χ0n) is 19.8. The molecule has 0 bridgehead atoms. The number of fused-ring (bicyclic) bond motifs is 1. The Bertz CT molecular complexity index is 1410. The lowest BCUT2D eigenvalue weighted by Gasteiger charge is -2.20. The standard InChI is InChI=1S/C23H28N4O6/c1-12(2)26-18(28)11-15(19-21(26)25(5)23(31)27(13(3)4)22(19)30)20(29)24-16-9-8-14(32-6)10-17(16)33-7/h8-13H,1-7H3,(H,24,29). The molecule has 2 heterocycles. The van der Waals surface area contributed by atoms with Crippen LogP contribution in [0.1, 0.15) is 50.1 Å². The van der Waals surface area contributed by atoms with Crippen molar-refractivity contribution in [2.45, 2.75) is 39.8 Å². The topological polar surface area (TPSA) is 114 Å². The summed E-state index contributed by atoms with van der Waals surface area (Å²) in [7, 11) is 4.43. The molecule has 0 aliphatic rings. The number of amides is 1. The van der Waals surface area contributed by atoms with Crippen LogP contribution in [0.3, 0.4) is 0 Å². The molecule has 3 aromatic rings. The number of aryl methyl sites for hydroxylation is 1. The highest BCUT2D eigenvalue weighted by Crippen LogP contribution is 2.29. The van der Waals surface area contributed by atoms with Crippen molar-refractivity contribution in [2.75, 3.05) is 19.5 Å². The van der Waals surface area contributed by atoms with Crippen molar-refractivity contribution in [3.05, 3.63) is 61.0 Å². The maximum atomic E-state index is 13.4. The minimum absolute atomic E-state index is 0.0101. The van der Waals surface area contributed by atoms with Crippen LogP contribution in [0, 0.1) is 0 Å². The minimum Gasteiger partial charge on any atom is -0.497 e. The van der Waals surface area contributed by atoms with Crippen molar-refractivity contribution in [1.29, 1.82) is 0 Å². The summed E-state index contributed by atoms with van der Waals surface area (Å²) in [5, 5.41) is 2.69. The molecule has 33 heavy (non-hydrogen) atoms. The first-order chi connectivity index (χ1) is 15.5. The first-order valence-electron chi connectivity index (χ1n) is 10.5. The highest BCUT2D eigenvalue weighted by Gasteiger charge is 2.25. The SMILES string of the molecule is COc1ccc(NC(=O)c2cc(=O)n(C(C)C)c3c2c(=O)n(C(C)C)c(=O)n3C)c(OC)c1. The molecule has 0 saturated carbocycles. The van der Waals surface area contributed by atoms with Crippen LogP contribution in [-0.2, 0) is 7.05 Å². The van der Waals surface area contributed by atoms with Gasteiger partial charge in [-0.3, -0.25) is 28.1 Å². The lowest BCUT2D eigenvalue weighted by atomic mass is 10.1. The molecule has 2 aromatic heterocycles. The number of nitrogens with one attached hydrogen (secondary N) is 1. The summed E-state index contributed by atoms with van der Waals surface area (Å²) < 4.78 is 14.1. The van der Waals surface area contributed by atoms with E-state index < -0.39 is 28.8 Å². The first-order valence-corrected chi connectivity index (χ1v) is 10.5. The molecular weight excluding hydrogens is 428 g/mol. The summed E-state index contributed by atoms with van der Waals surface area (Å²) in [6.07, 6.45) is 0. The van der Waals surface area contributed by atoms with Crippen LogP contribution >= 0.6 is 0 Å². The highest BCUT2D eigenvalue weighted by atomic mass is 16.5. The molecule has 0 spiro atoms. The molecule has 1 N–H and O–H groups in total. The number of ether oxygens (including phenoxy) is 2. The van der Waals surface area contributed by atoms with Crippen molar-refractivity contribution in [3.63, 3.8) is 0 Å². The summed E-state index contributed by atoms with van der Waals surface area (Å²) in [5.41, 5.74) is -1.40. The first kappa shape index (κ1) is 23.8. The fourth-order valence-electron chi connectivity index (χ4n) is 3.84. The van der Waals surface area contributed by atoms with Gasteiger partial charge in [0, 0.05) is 31.3 Å². The zero-order valence-corrected chi connectivity index (χ0v) is 19.8. The molecule has 0 aliphatic heterocycles. The predicted molar refractivity (Wildman–Crippen MR) is 126 cm³/mol. The van der Waals surface area contributed by atoms with E-state index in [1.165, 1.54) is 30.4 Å².